The number of carbonyl (C=O) groups is 1. The van der Waals surface area contributed by atoms with Crippen LogP contribution in [0.25, 0.3) is 11.3 Å². The van der Waals surface area contributed by atoms with Crippen molar-refractivity contribution in [2.45, 2.75) is 20.5 Å². The van der Waals surface area contributed by atoms with E-state index in [0.29, 0.717) is 5.70 Å². The highest BCUT2D eigenvalue weighted by molar-refractivity contribution is 6.19. The Hall–Kier alpha value is -4.13. The van der Waals surface area contributed by atoms with Gasteiger partial charge in [0.05, 0.1) is 28.6 Å². The van der Waals surface area contributed by atoms with Gasteiger partial charge in [-0.15, -0.1) is 0 Å². The first-order valence-corrected chi connectivity index (χ1v) is 9.04. The lowest BCUT2D eigenvalue weighted by molar-refractivity contribution is -0.112. The Morgan fingerprint density at radius 3 is 2.84 bits per heavy atom. The molecule has 2 N–H and O–H groups in total. The number of nitrogens with one attached hydrogen (secondary N) is 2. The van der Waals surface area contributed by atoms with E-state index in [1.54, 1.807) is 19.1 Å². The molecule has 160 valence electrons. The van der Waals surface area contributed by atoms with Gasteiger partial charge >= 0.3 is 6.61 Å². The number of H-pyrrole nitrogens is 1. The van der Waals surface area contributed by atoms with E-state index >= 15 is 0 Å². The monoisotopic (exact) mass is 426 g/mol. The number of rotatable bonds is 8. The lowest BCUT2D eigenvalue weighted by Gasteiger charge is -2.12. The summed E-state index contributed by atoms with van der Waals surface area (Å²) in [5.74, 6) is -0.717. The molecule has 0 spiro atoms. The molecular formula is C21H20F2N6O2. The fourth-order valence-electron chi connectivity index (χ4n) is 2.52. The van der Waals surface area contributed by atoms with E-state index in [1.807, 2.05) is 13.0 Å². The molecule has 1 aromatic carbocycles. The van der Waals surface area contributed by atoms with Crippen molar-refractivity contribution in [3.8, 4) is 23.1 Å². The van der Waals surface area contributed by atoms with Gasteiger partial charge < -0.3 is 10.1 Å². The van der Waals surface area contributed by atoms with Crippen molar-refractivity contribution >= 4 is 24.0 Å². The molecule has 1 aromatic heterocycles. The van der Waals surface area contributed by atoms with Crippen LogP contribution in [-0.4, -0.2) is 42.2 Å². The average Bonchev–Trinajstić information content (AvgIpc) is 3.19. The standard InChI is InChI=1S/C21H20F2N6O2/c1-4-5-8-26-13(2)16(11-25-3)20(30)28-17-12-27-29-19(17)15-9-14(10-24)6-7-18(15)31-21(22)23/h4-9,11-12,21H,1-3H3,(H,27,29)(H,28,30)/b5-4-,16-13-,25-11-,26-8-. The van der Waals surface area contributed by atoms with Gasteiger partial charge in [-0.1, -0.05) is 6.08 Å². The summed E-state index contributed by atoms with van der Waals surface area (Å²) < 4.78 is 30.2. The molecule has 10 heteroatoms. The SMILES string of the molecule is C\C=C/C=N\C(C)=C(\C=N/C)C(=O)Nc1c[nH]nc1-c1cc(C#N)ccc1OC(F)F. The van der Waals surface area contributed by atoms with Crippen LogP contribution in [0.2, 0.25) is 0 Å². The van der Waals surface area contributed by atoms with Crippen LogP contribution in [0.3, 0.4) is 0 Å². The number of ether oxygens (including phenoxy) is 1. The van der Waals surface area contributed by atoms with Crippen LogP contribution in [0.1, 0.15) is 19.4 Å². The van der Waals surface area contributed by atoms with Gasteiger partial charge in [0, 0.05) is 31.2 Å². The topological polar surface area (TPSA) is 116 Å². The number of hydrogen-bond acceptors (Lipinski definition) is 6. The molecule has 0 aliphatic heterocycles. The van der Waals surface area contributed by atoms with E-state index in [2.05, 4.69) is 30.2 Å². The van der Waals surface area contributed by atoms with Crippen LogP contribution in [0.15, 0.2) is 57.8 Å². The maximum Gasteiger partial charge on any atom is 0.387 e. The average molecular weight is 426 g/mol. The minimum Gasteiger partial charge on any atom is -0.434 e. The van der Waals surface area contributed by atoms with Gasteiger partial charge in [0.25, 0.3) is 5.91 Å². The number of benzene rings is 1. The summed E-state index contributed by atoms with van der Waals surface area (Å²) in [5.41, 5.74) is 1.28. The third kappa shape index (κ3) is 6.17. The number of amides is 1. The molecule has 0 aliphatic rings. The van der Waals surface area contributed by atoms with Gasteiger partial charge in [-0.05, 0) is 38.1 Å². The first-order chi connectivity index (χ1) is 14.9. The van der Waals surface area contributed by atoms with Gasteiger partial charge in [0.2, 0.25) is 0 Å². The summed E-state index contributed by atoms with van der Waals surface area (Å²) in [7, 11) is 1.51. The number of carbonyl (C=O) groups excluding carboxylic acids is 1. The number of anilines is 1. The Kier molecular flexibility index (Phi) is 8.33. The molecule has 0 fully saturated rings. The van der Waals surface area contributed by atoms with Crippen molar-refractivity contribution in [1.82, 2.24) is 10.2 Å². The Morgan fingerprint density at radius 1 is 1.42 bits per heavy atom. The van der Waals surface area contributed by atoms with Crippen LogP contribution in [-0.2, 0) is 4.79 Å². The van der Waals surface area contributed by atoms with E-state index in [1.165, 1.54) is 43.9 Å². The molecule has 0 saturated heterocycles. The highest BCUT2D eigenvalue weighted by Gasteiger charge is 2.20. The van der Waals surface area contributed by atoms with Gasteiger partial charge in [0.15, 0.2) is 0 Å². The van der Waals surface area contributed by atoms with Crippen LogP contribution in [0.4, 0.5) is 14.5 Å². The lowest BCUT2D eigenvalue weighted by Crippen LogP contribution is -2.17. The van der Waals surface area contributed by atoms with Crippen LogP contribution < -0.4 is 10.1 Å². The summed E-state index contributed by atoms with van der Waals surface area (Å²) in [6.07, 6.45) is 7.78. The number of aromatic amines is 1. The first-order valence-electron chi connectivity index (χ1n) is 9.04. The second-order valence-electron chi connectivity index (χ2n) is 5.99. The summed E-state index contributed by atoms with van der Waals surface area (Å²) in [5, 5.41) is 18.4. The number of nitrogens with zero attached hydrogens (tertiary/aromatic N) is 4. The molecule has 0 saturated carbocycles. The Morgan fingerprint density at radius 2 is 2.19 bits per heavy atom. The molecule has 0 bridgehead atoms. The molecule has 0 aliphatic carbocycles. The zero-order valence-corrected chi connectivity index (χ0v) is 17.1. The number of hydrogen-bond donors (Lipinski definition) is 2. The molecule has 0 radical (unpaired) electrons. The van der Waals surface area contributed by atoms with Gasteiger partial charge in [-0.3, -0.25) is 19.9 Å². The first kappa shape index (κ1) is 23.2. The lowest BCUT2D eigenvalue weighted by atomic mass is 10.1. The third-order valence-corrected chi connectivity index (χ3v) is 3.91. The highest BCUT2D eigenvalue weighted by Crippen LogP contribution is 2.35. The Bertz CT molecular complexity index is 1090. The molecule has 1 heterocycles. The van der Waals surface area contributed by atoms with Crippen molar-refractivity contribution in [2.24, 2.45) is 9.98 Å². The third-order valence-electron chi connectivity index (χ3n) is 3.91. The predicted molar refractivity (Wildman–Crippen MR) is 114 cm³/mol. The number of aliphatic imine (C=N–C) groups is 2. The minimum absolute atomic E-state index is 0.119. The largest absolute Gasteiger partial charge is 0.434 e. The van der Waals surface area contributed by atoms with E-state index in [-0.39, 0.29) is 33.8 Å². The molecule has 1 amide bonds. The normalized spacial score (nSPS) is 12.5. The molecule has 2 rings (SSSR count). The van der Waals surface area contributed by atoms with E-state index in [0.717, 1.165) is 0 Å². The molecule has 0 unspecified atom stereocenters. The van der Waals surface area contributed by atoms with Crippen LogP contribution in [0.5, 0.6) is 5.75 Å². The van der Waals surface area contributed by atoms with E-state index in [9.17, 15) is 13.6 Å². The van der Waals surface area contributed by atoms with E-state index in [4.69, 9.17) is 5.26 Å². The molecule has 8 nitrogen and oxygen atoms in total. The van der Waals surface area contributed by atoms with Crippen molar-refractivity contribution < 1.29 is 18.3 Å². The predicted octanol–water partition coefficient (Wildman–Crippen LogP) is 4.11. The maximum atomic E-state index is 12.8. The summed E-state index contributed by atoms with van der Waals surface area (Å²) in [6, 6.07) is 5.87. The smallest absolute Gasteiger partial charge is 0.387 e. The number of allylic oxidation sites excluding steroid dienone is 3. The molecular weight excluding hydrogens is 406 g/mol. The van der Waals surface area contributed by atoms with Crippen molar-refractivity contribution in [3.05, 3.63) is 53.4 Å². The summed E-state index contributed by atoms with van der Waals surface area (Å²) >= 11 is 0. The van der Waals surface area contributed by atoms with Gasteiger partial charge in [-0.2, -0.15) is 19.1 Å². The number of halogens is 2. The molecule has 2 aromatic rings. The molecule has 31 heavy (non-hydrogen) atoms. The number of nitriles is 1. The summed E-state index contributed by atoms with van der Waals surface area (Å²) in [4.78, 5) is 20.9. The number of alkyl halides is 2. The Labute approximate surface area is 177 Å². The zero-order valence-electron chi connectivity index (χ0n) is 17.1. The summed E-state index contributed by atoms with van der Waals surface area (Å²) in [6.45, 7) is 0.411. The maximum absolute atomic E-state index is 12.8. The second kappa shape index (κ2) is 11.2. The van der Waals surface area contributed by atoms with Gasteiger partial charge in [-0.25, -0.2) is 0 Å². The van der Waals surface area contributed by atoms with Crippen molar-refractivity contribution in [2.75, 3.05) is 12.4 Å². The fraction of sp³-hybridized carbons (Fsp3) is 0.190. The fourth-order valence-corrected chi connectivity index (χ4v) is 2.52. The number of aromatic nitrogens is 2. The van der Waals surface area contributed by atoms with Crippen LogP contribution in [0, 0.1) is 11.3 Å². The minimum atomic E-state index is -3.07. The quantitative estimate of drug-likeness (QED) is 0.488. The highest BCUT2D eigenvalue weighted by atomic mass is 19.3. The Balaban J connectivity index is 2.45. The van der Waals surface area contributed by atoms with E-state index < -0.39 is 12.5 Å². The van der Waals surface area contributed by atoms with Crippen molar-refractivity contribution in [3.63, 3.8) is 0 Å². The molecule has 0 atom stereocenters. The van der Waals surface area contributed by atoms with Crippen molar-refractivity contribution in [1.29, 1.82) is 5.26 Å². The van der Waals surface area contributed by atoms with Gasteiger partial charge in [0.1, 0.15) is 11.4 Å². The zero-order chi connectivity index (χ0) is 22.8. The van der Waals surface area contributed by atoms with Crippen LogP contribution >= 0.6 is 0 Å². The second-order valence-corrected chi connectivity index (χ2v) is 5.99.